The van der Waals surface area contributed by atoms with Gasteiger partial charge in [0.2, 0.25) is 0 Å². The molecule has 0 spiro atoms. The van der Waals surface area contributed by atoms with Crippen molar-refractivity contribution in [3.05, 3.63) is 94.1 Å². The van der Waals surface area contributed by atoms with E-state index in [2.05, 4.69) is 0 Å². The fraction of sp³-hybridized carbons (Fsp3) is 0.200. The number of rotatable bonds is 4. The Morgan fingerprint density at radius 1 is 0.529 bits per heavy atom. The number of aryl methyl sites for hydroxylation is 4. The molecule has 0 aliphatic carbocycles. The monoisotopic (exact) mass is 668 g/mol. The maximum absolute atomic E-state index is 15.7. The van der Waals surface area contributed by atoms with Crippen LogP contribution in [-0.4, -0.2) is 31.8 Å². The van der Waals surface area contributed by atoms with Gasteiger partial charge in [-0.25, -0.2) is 0 Å². The fourth-order valence-corrected chi connectivity index (χ4v) is 13.8. The molecule has 2 aromatic carbocycles. The standard InChI is InChI=1S/2C12H9F3N.CH3.Tl/c2*1-7-3-4-8(2)16(7)12-6-10(14)9(13)5-11(12)15;;/h2*3-4,6H,1-2H3;1H3;. The van der Waals surface area contributed by atoms with Gasteiger partial charge in [0.1, 0.15) is 0 Å². The van der Waals surface area contributed by atoms with Crippen LogP contribution in [0, 0.1) is 62.6 Å². The predicted octanol–water partition coefficient (Wildman–Crippen LogP) is 5.58. The Labute approximate surface area is 201 Å². The normalized spacial score (nSPS) is 11.4. The third-order valence-corrected chi connectivity index (χ3v) is 16.9. The van der Waals surface area contributed by atoms with Crippen LogP contribution in [-0.2, 0) is 0 Å². The fourth-order valence-electron chi connectivity index (χ4n) is 4.55. The molecule has 0 unspecified atom stereocenters. The van der Waals surface area contributed by atoms with E-state index in [0.717, 1.165) is 12.1 Å². The SMILES string of the molecule is Cc1ccc(C)n1-c1cc(F)c(F)[c]([Tl]([CH3])[c]2c(F)c(F)cc(-n3c(C)ccc3C)c2F)c1F. The molecule has 0 amide bonds. The number of halogens is 6. The second-order valence-corrected chi connectivity index (χ2v) is 18.6. The van der Waals surface area contributed by atoms with E-state index in [1.807, 2.05) is 0 Å². The van der Waals surface area contributed by atoms with Crippen LogP contribution in [0.2, 0.25) is 4.48 Å². The number of aromatic nitrogens is 2. The second kappa shape index (κ2) is 8.94. The Balaban J connectivity index is 2.00. The van der Waals surface area contributed by atoms with E-state index >= 15 is 8.78 Å². The van der Waals surface area contributed by atoms with Crippen molar-refractivity contribution in [3.63, 3.8) is 0 Å². The van der Waals surface area contributed by atoms with E-state index in [1.165, 1.54) is 13.6 Å². The zero-order chi connectivity index (χ0) is 25.1. The molecule has 0 N–H and O–H groups in total. The van der Waals surface area contributed by atoms with Crippen LogP contribution in [0.4, 0.5) is 26.3 Å². The third kappa shape index (κ3) is 3.79. The summed E-state index contributed by atoms with van der Waals surface area (Å²) in [4.78, 5) is 0. The summed E-state index contributed by atoms with van der Waals surface area (Å²) < 4.78 is 93.5. The summed E-state index contributed by atoms with van der Waals surface area (Å²) in [5, 5.41) is 0. The van der Waals surface area contributed by atoms with E-state index in [-0.39, 0.29) is 11.4 Å². The molecule has 0 atom stereocenters. The Hall–Kier alpha value is -2.50. The Morgan fingerprint density at radius 3 is 1.12 bits per heavy atom. The van der Waals surface area contributed by atoms with Gasteiger partial charge < -0.3 is 0 Å². The molecule has 9 heteroatoms. The van der Waals surface area contributed by atoms with Crippen molar-refractivity contribution in [2.24, 2.45) is 0 Å². The van der Waals surface area contributed by atoms with Gasteiger partial charge in [0.15, 0.2) is 0 Å². The molecule has 0 aliphatic heterocycles. The number of hydrogen-bond donors (Lipinski definition) is 0. The van der Waals surface area contributed by atoms with E-state index in [9.17, 15) is 17.6 Å². The topological polar surface area (TPSA) is 9.86 Å². The summed E-state index contributed by atoms with van der Waals surface area (Å²) in [5.74, 6) is -7.82. The van der Waals surface area contributed by atoms with Gasteiger partial charge in [-0.15, -0.1) is 0 Å². The van der Waals surface area contributed by atoms with Crippen LogP contribution in [0.5, 0.6) is 0 Å². The van der Waals surface area contributed by atoms with Gasteiger partial charge in [-0.05, 0) is 0 Å². The average molecular weight is 668 g/mol. The quantitative estimate of drug-likeness (QED) is 0.153. The Bertz CT molecular complexity index is 1290. The summed E-state index contributed by atoms with van der Waals surface area (Å²) >= 11 is -4.54. The van der Waals surface area contributed by atoms with E-state index < -0.39 is 63.9 Å². The zero-order valence-corrected chi connectivity index (χ0v) is 23.7. The number of hydrogen-bond acceptors (Lipinski definition) is 0. The van der Waals surface area contributed by atoms with Crippen molar-refractivity contribution >= 4 is 28.9 Å². The summed E-state index contributed by atoms with van der Waals surface area (Å²) in [6.45, 7) is 6.67. The molecule has 0 aliphatic rings. The van der Waals surface area contributed by atoms with Gasteiger partial charge >= 0.3 is 202 Å². The van der Waals surface area contributed by atoms with Crippen LogP contribution in [0.1, 0.15) is 22.8 Å². The Morgan fingerprint density at radius 2 is 0.824 bits per heavy atom. The maximum atomic E-state index is 15.7. The van der Waals surface area contributed by atoms with Gasteiger partial charge in [-0.2, -0.15) is 0 Å². The van der Waals surface area contributed by atoms with Crippen molar-refractivity contribution in [2.75, 3.05) is 0 Å². The molecule has 2 heterocycles. The first-order valence-electron chi connectivity index (χ1n) is 10.6. The molecule has 4 aromatic rings. The molecule has 0 radical (unpaired) electrons. The predicted molar refractivity (Wildman–Crippen MR) is 121 cm³/mol. The molecule has 0 saturated heterocycles. The van der Waals surface area contributed by atoms with Crippen LogP contribution in [0.15, 0.2) is 36.4 Å². The molecule has 0 saturated carbocycles. The van der Waals surface area contributed by atoms with Crippen molar-refractivity contribution in [3.8, 4) is 11.4 Å². The van der Waals surface area contributed by atoms with Crippen molar-refractivity contribution in [1.29, 1.82) is 0 Å². The van der Waals surface area contributed by atoms with Crippen molar-refractivity contribution in [1.82, 2.24) is 9.13 Å². The molecule has 0 bridgehead atoms. The van der Waals surface area contributed by atoms with Gasteiger partial charge in [0.25, 0.3) is 0 Å². The molecule has 34 heavy (non-hydrogen) atoms. The first-order chi connectivity index (χ1) is 16.0. The third-order valence-electron chi connectivity index (χ3n) is 6.23. The van der Waals surface area contributed by atoms with E-state index in [4.69, 9.17) is 0 Å². The van der Waals surface area contributed by atoms with Gasteiger partial charge in [-0.1, -0.05) is 0 Å². The first-order valence-corrected chi connectivity index (χ1v) is 19.6. The summed E-state index contributed by atoms with van der Waals surface area (Å²) in [7, 11) is 0. The minimum absolute atomic E-state index is 0.254. The number of nitrogens with zero attached hydrogens (tertiary/aromatic N) is 2. The van der Waals surface area contributed by atoms with Gasteiger partial charge in [0, 0.05) is 0 Å². The van der Waals surface area contributed by atoms with E-state index in [1.54, 1.807) is 52.0 Å². The summed E-state index contributed by atoms with van der Waals surface area (Å²) in [6.07, 6.45) is 0. The van der Waals surface area contributed by atoms with Gasteiger partial charge in [0.05, 0.1) is 0 Å². The molecule has 4 rings (SSSR count). The van der Waals surface area contributed by atoms with Crippen LogP contribution >= 0.6 is 0 Å². The first kappa shape index (κ1) is 24.6. The van der Waals surface area contributed by atoms with Crippen LogP contribution in [0.3, 0.4) is 0 Å². The summed E-state index contributed by atoms with van der Waals surface area (Å²) in [6, 6.07) is 8.19. The second-order valence-electron chi connectivity index (χ2n) is 8.46. The molecule has 2 nitrogen and oxygen atoms in total. The van der Waals surface area contributed by atoms with Crippen molar-refractivity contribution in [2.45, 2.75) is 32.2 Å². The van der Waals surface area contributed by atoms with Crippen molar-refractivity contribution < 1.29 is 26.3 Å². The minimum atomic E-state index is -4.54. The molecular formula is C25H21F6N2Tl. The van der Waals surface area contributed by atoms with Crippen LogP contribution in [0.25, 0.3) is 11.4 Å². The molecule has 2 aromatic heterocycles. The zero-order valence-electron chi connectivity index (χ0n) is 19.2. The Kier molecular flexibility index (Phi) is 6.47. The molecular weight excluding hydrogens is 647 g/mol. The van der Waals surface area contributed by atoms with Crippen LogP contribution < -0.4 is 6.25 Å². The van der Waals surface area contributed by atoms with Gasteiger partial charge in [-0.3, -0.25) is 0 Å². The summed E-state index contributed by atoms with van der Waals surface area (Å²) in [5.41, 5.74) is 1.78. The molecule has 176 valence electrons. The number of benzene rings is 2. The molecule has 0 fully saturated rings. The van der Waals surface area contributed by atoms with E-state index in [0.29, 0.717) is 22.8 Å². The average Bonchev–Trinajstić information content (AvgIpc) is 3.28.